The number of halogens is 2. The number of ether oxygens (including phenoxy) is 1. The second kappa shape index (κ2) is 7.29. The number of hydrogen-bond acceptors (Lipinski definition) is 4. The van der Waals surface area contributed by atoms with Crippen molar-refractivity contribution in [1.29, 1.82) is 0 Å². The van der Waals surface area contributed by atoms with Crippen LogP contribution in [-0.4, -0.2) is 29.7 Å². The molecule has 0 aliphatic carbocycles. The average molecular weight is 383 g/mol. The number of nitrogens with zero attached hydrogens (tertiary/aromatic N) is 3. The maximum atomic E-state index is 6.12. The van der Waals surface area contributed by atoms with Crippen molar-refractivity contribution in [3.63, 3.8) is 0 Å². The second-order valence-electron chi connectivity index (χ2n) is 5.40. The summed E-state index contributed by atoms with van der Waals surface area (Å²) in [6.07, 6.45) is 5.84. The molecule has 116 valence electrons. The Morgan fingerprint density at radius 1 is 1.27 bits per heavy atom. The van der Waals surface area contributed by atoms with E-state index in [1.54, 1.807) is 12.4 Å². The number of anilines is 1. The first-order chi connectivity index (χ1) is 10.7. The maximum absolute atomic E-state index is 6.12. The van der Waals surface area contributed by atoms with Crippen molar-refractivity contribution in [3.05, 3.63) is 46.2 Å². The number of aromatic nitrogens is 2. The van der Waals surface area contributed by atoms with Gasteiger partial charge in [-0.1, -0.05) is 23.7 Å². The number of hydrogen-bond donors (Lipinski definition) is 0. The van der Waals surface area contributed by atoms with Crippen molar-refractivity contribution < 1.29 is 4.74 Å². The van der Waals surface area contributed by atoms with E-state index in [1.807, 2.05) is 24.3 Å². The molecule has 1 atom stereocenters. The molecular weight excluding hydrogens is 366 g/mol. The van der Waals surface area contributed by atoms with E-state index in [9.17, 15) is 0 Å². The van der Waals surface area contributed by atoms with Crippen molar-refractivity contribution in [3.8, 4) is 5.75 Å². The van der Waals surface area contributed by atoms with Gasteiger partial charge in [-0.15, -0.1) is 0 Å². The topological polar surface area (TPSA) is 38.2 Å². The third-order valence-corrected chi connectivity index (χ3v) is 4.44. The van der Waals surface area contributed by atoms with Gasteiger partial charge in [-0.2, -0.15) is 0 Å². The van der Waals surface area contributed by atoms with Gasteiger partial charge >= 0.3 is 0 Å². The Kier molecular flexibility index (Phi) is 5.16. The average Bonchev–Trinajstić information content (AvgIpc) is 2.55. The molecule has 1 aromatic carbocycles. The SMILES string of the molecule is Clc1ccccc1OCC1CCCN(c2ncc(Br)cn2)C1. The van der Waals surface area contributed by atoms with Gasteiger partial charge in [0.2, 0.25) is 5.95 Å². The van der Waals surface area contributed by atoms with Crippen LogP contribution in [0.5, 0.6) is 5.75 Å². The highest BCUT2D eigenvalue weighted by molar-refractivity contribution is 9.10. The zero-order valence-corrected chi connectivity index (χ0v) is 14.4. The van der Waals surface area contributed by atoms with Crippen molar-refractivity contribution in [1.82, 2.24) is 9.97 Å². The van der Waals surface area contributed by atoms with Crippen LogP contribution >= 0.6 is 27.5 Å². The lowest BCUT2D eigenvalue weighted by Crippen LogP contribution is -2.38. The molecule has 0 saturated carbocycles. The van der Waals surface area contributed by atoms with Crippen molar-refractivity contribution >= 4 is 33.5 Å². The van der Waals surface area contributed by atoms with Gasteiger partial charge < -0.3 is 9.64 Å². The van der Waals surface area contributed by atoms with E-state index in [2.05, 4.69) is 30.8 Å². The number of para-hydroxylation sites is 1. The molecule has 1 unspecified atom stereocenters. The van der Waals surface area contributed by atoms with Gasteiger partial charge in [0.15, 0.2) is 0 Å². The van der Waals surface area contributed by atoms with E-state index < -0.39 is 0 Å². The summed E-state index contributed by atoms with van der Waals surface area (Å²) in [5.74, 6) is 1.99. The lowest BCUT2D eigenvalue weighted by molar-refractivity contribution is 0.228. The van der Waals surface area contributed by atoms with Crippen LogP contribution in [0.1, 0.15) is 12.8 Å². The van der Waals surface area contributed by atoms with E-state index in [-0.39, 0.29) is 0 Å². The molecule has 1 aliphatic heterocycles. The van der Waals surface area contributed by atoms with Crippen LogP contribution in [-0.2, 0) is 0 Å². The van der Waals surface area contributed by atoms with Crippen LogP contribution in [0.2, 0.25) is 5.02 Å². The molecular formula is C16H17BrClN3O. The summed E-state index contributed by atoms with van der Waals surface area (Å²) in [6, 6.07) is 7.59. The summed E-state index contributed by atoms with van der Waals surface area (Å²) in [5, 5.41) is 0.659. The minimum atomic E-state index is 0.456. The normalized spacial score (nSPS) is 18.3. The number of benzene rings is 1. The minimum Gasteiger partial charge on any atom is -0.492 e. The van der Waals surface area contributed by atoms with Gasteiger partial charge in [-0.25, -0.2) is 9.97 Å². The molecule has 0 amide bonds. The van der Waals surface area contributed by atoms with Gasteiger partial charge in [-0.3, -0.25) is 0 Å². The highest BCUT2D eigenvalue weighted by Gasteiger charge is 2.22. The minimum absolute atomic E-state index is 0.456. The van der Waals surface area contributed by atoms with Crippen molar-refractivity contribution in [2.45, 2.75) is 12.8 Å². The molecule has 1 fully saturated rings. The first kappa shape index (κ1) is 15.6. The molecule has 1 aromatic heterocycles. The van der Waals surface area contributed by atoms with Crippen molar-refractivity contribution in [2.24, 2.45) is 5.92 Å². The first-order valence-electron chi connectivity index (χ1n) is 7.32. The van der Waals surface area contributed by atoms with E-state index >= 15 is 0 Å². The van der Waals surface area contributed by atoms with Crippen LogP contribution in [0.15, 0.2) is 41.1 Å². The molecule has 4 nitrogen and oxygen atoms in total. The van der Waals surface area contributed by atoms with Gasteiger partial charge in [0.1, 0.15) is 5.75 Å². The Hall–Kier alpha value is -1.33. The largest absolute Gasteiger partial charge is 0.492 e. The third kappa shape index (κ3) is 3.90. The zero-order chi connectivity index (χ0) is 15.4. The summed E-state index contributed by atoms with van der Waals surface area (Å²) in [5.41, 5.74) is 0. The van der Waals surface area contributed by atoms with Crippen LogP contribution in [0, 0.1) is 5.92 Å². The summed E-state index contributed by atoms with van der Waals surface area (Å²) < 4.78 is 6.77. The van der Waals surface area contributed by atoms with Crippen LogP contribution in [0.25, 0.3) is 0 Å². The van der Waals surface area contributed by atoms with Crippen LogP contribution < -0.4 is 9.64 Å². The zero-order valence-electron chi connectivity index (χ0n) is 12.1. The smallest absolute Gasteiger partial charge is 0.225 e. The highest BCUT2D eigenvalue weighted by Crippen LogP contribution is 2.26. The lowest BCUT2D eigenvalue weighted by atomic mass is 9.99. The fraction of sp³-hybridized carbons (Fsp3) is 0.375. The van der Waals surface area contributed by atoms with E-state index in [0.717, 1.165) is 42.1 Å². The number of rotatable bonds is 4. The van der Waals surface area contributed by atoms with Crippen molar-refractivity contribution in [2.75, 3.05) is 24.6 Å². The maximum Gasteiger partial charge on any atom is 0.225 e. The molecule has 0 bridgehead atoms. The summed E-state index contributed by atoms with van der Waals surface area (Å²) in [4.78, 5) is 11.0. The fourth-order valence-electron chi connectivity index (χ4n) is 2.62. The van der Waals surface area contributed by atoms with Gasteiger partial charge in [0.25, 0.3) is 0 Å². The Labute approximate surface area is 143 Å². The Morgan fingerprint density at radius 3 is 2.82 bits per heavy atom. The fourth-order valence-corrected chi connectivity index (χ4v) is 3.02. The predicted octanol–water partition coefficient (Wildman–Crippen LogP) is 4.19. The molecule has 3 rings (SSSR count). The van der Waals surface area contributed by atoms with Crippen LogP contribution in [0.3, 0.4) is 0 Å². The summed E-state index contributed by atoms with van der Waals surface area (Å²) in [6.45, 7) is 2.56. The predicted molar refractivity (Wildman–Crippen MR) is 91.6 cm³/mol. The van der Waals surface area contributed by atoms with E-state index in [4.69, 9.17) is 16.3 Å². The monoisotopic (exact) mass is 381 g/mol. The first-order valence-corrected chi connectivity index (χ1v) is 8.49. The summed E-state index contributed by atoms with van der Waals surface area (Å²) in [7, 11) is 0. The molecule has 2 heterocycles. The Bertz CT molecular complexity index is 623. The molecule has 0 N–H and O–H groups in total. The number of piperidine rings is 1. The molecule has 1 saturated heterocycles. The lowest BCUT2D eigenvalue weighted by Gasteiger charge is -2.32. The third-order valence-electron chi connectivity index (χ3n) is 3.72. The van der Waals surface area contributed by atoms with Gasteiger partial charge in [0, 0.05) is 31.4 Å². The van der Waals surface area contributed by atoms with Crippen LogP contribution in [0.4, 0.5) is 5.95 Å². The molecule has 0 radical (unpaired) electrons. The highest BCUT2D eigenvalue weighted by atomic mass is 79.9. The van der Waals surface area contributed by atoms with Gasteiger partial charge in [0.05, 0.1) is 16.1 Å². The molecule has 22 heavy (non-hydrogen) atoms. The Morgan fingerprint density at radius 2 is 2.05 bits per heavy atom. The molecule has 1 aliphatic rings. The van der Waals surface area contributed by atoms with E-state index in [1.165, 1.54) is 0 Å². The molecule has 0 spiro atoms. The standard InChI is InChI=1S/C16H17BrClN3O/c17-13-8-19-16(20-9-13)21-7-3-4-12(10-21)11-22-15-6-2-1-5-14(15)18/h1-2,5-6,8-9,12H,3-4,7,10-11H2. The van der Waals surface area contributed by atoms with Gasteiger partial charge in [-0.05, 0) is 40.9 Å². The quantitative estimate of drug-likeness (QED) is 0.795. The second-order valence-corrected chi connectivity index (χ2v) is 6.72. The Balaban J connectivity index is 1.59. The molecule has 2 aromatic rings. The summed E-state index contributed by atoms with van der Waals surface area (Å²) >= 11 is 9.48. The van der Waals surface area contributed by atoms with E-state index in [0.29, 0.717) is 17.5 Å². The molecule has 6 heteroatoms.